The van der Waals surface area contributed by atoms with Gasteiger partial charge in [-0.3, -0.25) is 4.68 Å². The summed E-state index contributed by atoms with van der Waals surface area (Å²) >= 11 is 0. The zero-order valence-corrected chi connectivity index (χ0v) is 13.3. The molecule has 22 heavy (non-hydrogen) atoms. The number of hydrogen-bond acceptors (Lipinski definition) is 5. The van der Waals surface area contributed by atoms with E-state index in [0.29, 0.717) is 18.2 Å². The van der Waals surface area contributed by atoms with E-state index in [0.717, 1.165) is 17.2 Å². The smallest absolute Gasteiger partial charge is 0.263 e. The van der Waals surface area contributed by atoms with Crippen LogP contribution in [-0.2, 0) is 19.0 Å². The number of rotatable bonds is 4. The molecule has 0 radical (unpaired) electrons. The van der Waals surface area contributed by atoms with E-state index in [1.165, 1.54) is 0 Å². The summed E-state index contributed by atoms with van der Waals surface area (Å²) in [6.45, 7) is 7.00. The Morgan fingerprint density at radius 2 is 2.09 bits per heavy atom. The second-order valence-electron chi connectivity index (χ2n) is 6.26. The number of nitrogens with one attached hydrogen (secondary N) is 1. The zero-order valence-electron chi connectivity index (χ0n) is 13.3. The average Bonchev–Trinajstić information content (AvgIpc) is 3.16. The molecule has 0 spiro atoms. The lowest BCUT2D eigenvalue weighted by Crippen LogP contribution is -2.12. The summed E-state index contributed by atoms with van der Waals surface area (Å²) in [6.07, 6.45) is 3.23. The van der Waals surface area contributed by atoms with Gasteiger partial charge in [0.05, 0.1) is 24.2 Å². The number of oxazole rings is 1. The Labute approximate surface area is 129 Å². The van der Waals surface area contributed by atoms with Crippen LogP contribution in [0.1, 0.15) is 32.2 Å². The van der Waals surface area contributed by atoms with E-state index < -0.39 is 0 Å². The Bertz CT molecular complexity index is 748. The van der Waals surface area contributed by atoms with Crippen LogP contribution in [0.3, 0.4) is 0 Å². The first-order valence-corrected chi connectivity index (χ1v) is 7.20. The topological polar surface area (TPSA) is 69.0 Å². The van der Waals surface area contributed by atoms with Gasteiger partial charge >= 0.3 is 0 Å². The van der Waals surface area contributed by atoms with Gasteiger partial charge in [0.2, 0.25) is 0 Å². The fourth-order valence-corrected chi connectivity index (χ4v) is 2.08. The molecule has 0 aliphatic rings. The number of furan rings is 1. The molecule has 0 unspecified atom stereocenters. The number of hydrogen-bond donors (Lipinski definition) is 1. The van der Waals surface area contributed by atoms with Gasteiger partial charge < -0.3 is 14.2 Å². The number of aromatic nitrogens is 3. The summed E-state index contributed by atoms with van der Waals surface area (Å²) in [5, 5.41) is 7.86. The van der Waals surface area contributed by atoms with Crippen molar-refractivity contribution in [1.29, 1.82) is 0 Å². The van der Waals surface area contributed by atoms with Crippen LogP contribution in [0.15, 0.2) is 39.6 Å². The van der Waals surface area contributed by atoms with E-state index in [2.05, 4.69) is 42.2 Å². The van der Waals surface area contributed by atoms with Crippen molar-refractivity contribution in [2.24, 2.45) is 7.05 Å². The predicted octanol–water partition coefficient (Wildman–Crippen LogP) is 3.58. The number of aryl methyl sites for hydroxylation is 1. The van der Waals surface area contributed by atoms with Gasteiger partial charge in [-0.1, -0.05) is 20.8 Å². The van der Waals surface area contributed by atoms with Gasteiger partial charge in [-0.25, -0.2) is 4.98 Å². The second-order valence-corrected chi connectivity index (χ2v) is 6.26. The van der Waals surface area contributed by atoms with Crippen LogP contribution in [0.4, 0.5) is 5.82 Å². The van der Waals surface area contributed by atoms with Crippen molar-refractivity contribution in [3.63, 3.8) is 0 Å². The number of nitrogens with zero attached hydrogens (tertiary/aromatic N) is 3. The van der Waals surface area contributed by atoms with Gasteiger partial charge in [-0.15, -0.1) is 0 Å². The molecule has 0 aromatic carbocycles. The van der Waals surface area contributed by atoms with Gasteiger partial charge in [-0.2, -0.15) is 5.10 Å². The van der Waals surface area contributed by atoms with Crippen LogP contribution >= 0.6 is 0 Å². The lowest BCUT2D eigenvalue weighted by molar-refractivity contribution is 0.517. The maximum absolute atomic E-state index is 5.42. The summed E-state index contributed by atoms with van der Waals surface area (Å²) in [5.41, 5.74) is 1.89. The minimum absolute atomic E-state index is 0.0258. The highest BCUT2D eigenvalue weighted by Gasteiger charge is 2.19. The van der Waals surface area contributed by atoms with Crippen LogP contribution in [0.5, 0.6) is 0 Å². The predicted molar refractivity (Wildman–Crippen MR) is 83.4 cm³/mol. The highest BCUT2D eigenvalue weighted by Crippen LogP contribution is 2.24. The highest BCUT2D eigenvalue weighted by atomic mass is 16.4. The van der Waals surface area contributed by atoms with Crippen LogP contribution in [0.25, 0.3) is 11.7 Å². The standard InChI is InChI=1S/C16H20N4O2/c1-16(2,3)13-8-14(20(4)19-13)17-9-11-10-22-15(18-11)12-6-5-7-21-12/h5-8,10,17H,9H2,1-4H3. The molecule has 3 rings (SSSR count). The fraction of sp³-hybridized carbons (Fsp3) is 0.375. The first kappa shape index (κ1) is 14.4. The van der Waals surface area contributed by atoms with E-state index in [1.54, 1.807) is 18.6 Å². The SMILES string of the molecule is Cn1nc(C(C)(C)C)cc1NCc1coc(-c2ccco2)n1. The van der Waals surface area contributed by atoms with Crippen LogP contribution in [-0.4, -0.2) is 14.8 Å². The van der Waals surface area contributed by atoms with Crippen molar-refractivity contribution in [1.82, 2.24) is 14.8 Å². The Morgan fingerprint density at radius 3 is 2.73 bits per heavy atom. The molecule has 0 bridgehead atoms. The van der Waals surface area contributed by atoms with Crippen LogP contribution in [0.2, 0.25) is 0 Å². The highest BCUT2D eigenvalue weighted by molar-refractivity contribution is 5.44. The van der Waals surface area contributed by atoms with Gasteiger partial charge in [0, 0.05) is 18.5 Å². The molecular weight excluding hydrogens is 280 g/mol. The normalized spacial score (nSPS) is 11.8. The molecule has 6 heteroatoms. The third-order valence-corrected chi connectivity index (χ3v) is 3.38. The monoisotopic (exact) mass is 300 g/mol. The first-order valence-electron chi connectivity index (χ1n) is 7.20. The number of anilines is 1. The fourth-order valence-electron chi connectivity index (χ4n) is 2.08. The summed E-state index contributed by atoms with van der Waals surface area (Å²) in [6, 6.07) is 5.69. The van der Waals surface area contributed by atoms with Crippen molar-refractivity contribution in [2.45, 2.75) is 32.7 Å². The van der Waals surface area contributed by atoms with E-state index in [1.807, 2.05) is 17.8 Å². The van der Waals surface area contributed by atoms with Gasteiger partial charge in [0.15, 0.2) is 5.76 Å². The molecule has 1 N–H and O–H groups in total. The molecular formula is C16H20N4O2. The molecule has 3 aromatic heterocycles. The van der Waals surface area contributed by atoms with E-state index in [9.17, 15) is 0 Å². The molecule has 0 aliphatic heterocycles. The average molecular weight is 300 g/mol. The molecule has 0 atom stereocenters. The Morgan fingerprint density at radius 1 is 1.27 bits per heavy atom. The third-order valence-electron chi connectivity index (χ3n) is 3.38. The lowest BCUT2D eigenvalue weighted by atomic mass is 9.92. The van der Waals surface area contributed by atoms with E-state index >= 15 is 0 Å². The van der Waals surface area contributed by atoms with Gasteiger partial charge in [0.25, 0.3) is 5.89 Å². The quantitative estimate of drug-likeness (QED) is 0.797. The Balaban J connectivity index is 1.69. The second kappa shape index (κ2) is 5.36. The molecule has 0 saturated carbocycles. The van der Waals surface area contributed by atoms with E-state index in [4.69, 9.17) is 8.83 Å². The minimum Gasteiger partial charge on any atom is -0.459 e. The Kier molecular flexibility index (Phi) is 3.52. The molecule has 0 fully saturated rings. The third kappa shape index (κ3) is 2.90. The van der Waals surface area contributed by atoms with Crippen molar-refractivity contribution in [2.75, 3.05) is 5.32 Å². The molecule has 3 aromatic rings. The van der Waals surface area contributed by atoms with Gasteiger partial charge in [0.1, 0.15) is 12.1 Å². The largest absolute Gasteiger partial charge is 0.459 e. The van der Waals surface area contributed by atoms with Crippen LogP contribution < -0.4 is 5.32 Å². The summed E-state index contributed by atoms with van der Waals surface area (Å²) in [5.74, 6) is 2.07. The first-order chi connectivity index (χ1) is 10.4. The minimum atomic E-state index is 0.0258. The zero-order chi connectivity index (χ0) is 15.7. The van der Waals surface area contributed by atoms with Crippen molar-refractivity contribution in [3.05, 3.63) is 42.1 Å². The summed E-state index contributed by atoms with van der Waals surface area (Å²) < 4.78 is 12.5. The van der Waals surface area contributed by atoms with Gasteiger partial charge in [-0.05, 0) is 12.1 Å². The molecule has 0 amide bonds. The van der Waals surface area contributed by atoms with Crippen molar-refractivity contribution >= 4 is 5.82 Å². The lowest BCUT2D eigenvalue weighted by Gasteiger charge is -2.13. The van der Waals surface area contributed by atoms with Crippen molar-refractivity contribution < 1.29 is 8.83 Å². The van der Waals surface area contributed by atoms with Crippen molar-refractivity contribution in [3.8, 4) is 11.7 Å². The summed E-state index contributed by atoms with van der Waals surface area (Å²) in [4.78, 5) is 4.40. The maximum atomic E-state index is 5.42. The summed E-state index contributed by atoms with van der Waals surface area (Å²) in [7, 11) is 1.93. The Hall–Kier alpha value is -2.50. The molecule has 0 aliphatic carbocycles. The van der Waals surface area contributed by atoms with E-state index in [-0.39, 0.29) is 5.41 Å². The van der Waals surface area contributed by atoms with Crippen LogP contribution in [0, 0.1) is 0 Å². The molecule has 3 heterocycles. The maximum Gasteiger partial charge on any atom is 0.263 e. The molecule has 116 valence electrons. The molecule has 6 nitrogen and oxygen atoms in total. The molecule has 0 saturated heterocycles.